The van der Waals surface area contributed by atoms with Crippen LogP contribution in [-0.4, -0.2) is 172 Å². The zero-order valence-electron chi connectivity index (χ0n) is 37.1. The molecule has 0 radical (unpaired) electrons. The Balaban J connectivity index is 1.75. The Hall–Kier alpha value is -4.98. The molecule has 4 N–H and O–H groups in total. The van der Waals surface area contributed by atoms with Gasteiger partial charge in [-0.2, -0.15) is 13.2 Å². The highest BCUT2D eigenvalue weighted by molar-refractivity contribution is 5.98. The van der Waals surface area contributed by atoms with Crippen molar-refractivity contribution in [2.75, 3.05) is 47.3 Å². The second kappa shape index (κ2) is 21.9. The van der Waals surface area contributed by atoms with Crippen LogP contribution in [-0.2, 0) is 43.2 Å². The first kappa shape index (κ1) is 51.4. The topological polar surface area (TPSA) is 226 Å². The minimum absolute atomic E-state index is 0.0949. The van der Waals surface area contributed by atoms with Crippen molar-refractivity contribution in [3.05, 3.63) is 0 Å². The number of nitrogens with zero attached hydrogens (tertiary/aromatic N) is 5. The van der Waals surface area contributed by atoms with E-state index in [1.807, 2.05) is 0 Å². The van der Waals surface area contributed by atoms with Crippen LogP contribution in [0.15, 0.2) is 0 Å². The van der Waals surface area contributed by atoms with Gasteiger partial charge in [-0.25, -0.2) is 0 Å². The van der Waals surface area contributed by atoms with Crippen molar-refractivity contribution in [3.8, 4) is 0 Å². The molecule has 0 spiro atoms. The molecule has 1 saturated carbocycles. The molecule has 1 aliphatic carbocycles. The van der Waals surface area contributed by atoms with Crippen molar-refractivity contribution in [3.63, 3.8) is 0 Å². The third-order valence-corrected chi connectivity index (χ3v) is 12.5. The first-order valence-corrected chi connectivity index (χ1v) is 21.4. The van der Waals surface area contributed by atoms with E-state index in [-0.39, 0.29) is 25.3 Å². The van der Waals surface area contributed by atoms with E-state index in [2.05, 4.69) is 10.6 Å². The highest BCUT2D eigenvalue weighted by Gasteiger charge is 2.47. The normalized spacial score (nSPS) is 19.4. The fraction of sp³-hybridized carbons (Fsp3) is 0.780. The number of likely N-dealkylation sites (tertiary alicyclic amines) is 2. The molecular weight excluding hydrogens is 821 g/mol. The lowest BCUT2D eigenvalue weighted by Gasteiger charge is -2.45. The Labute approximate surface area is 361 Å². The fourth-order valence-electron chi connectivity index (χ4n) is 8.01. The van der Waals surface area contributed by atoms with E-state index in [4.69, 9.17) is 0 Å². The minimum Gasteiger partial charge on any atom is -0.481 e. The quantitative estimate of drug-likeness (QED) is 0.145. The highest BCUT2D eigenvalue weighted by atomic mass is 19.4. The molecule has 2 heterocycles. The van der Waals surface area contributed by atoms with E-state index < -0.39 is 114 Å². The molecule has 21 heteroatoms. The van der Waals surface area contributed by atoms with Gasteiger partial charge in [0.05, 0.1) is 13.0 Å². The molecule has 3 fully saturated rings. The lowest BCUT2D eigenvalue weighted by atomic mass is 9.84. The number of hydrogen-bond acceptors (Lipinski definition) is 9. The van der Waals surface area contributed by atoms with Gasteiger partial charge in [0.15, 0.2) is 0 Å². The molecule has 3 rings (SSSR count). The van der Waals surface area contributed by atoms with E-state index in [0.29, 0.717) is 19.5 Å². The predicted octanol–water partition coefficient (Wildman–Crippen LogP) is 1.26. The molecule has 8 amide bonds. The Bertz CT molecular complexity index is 1680. The average molecular weight is 887 g/mol. The molecule has 2 saturated heterocycles. The van der Waals surface area contributed by atoms with E-state index in [1.165, 1.54) is 42.8 Å². The number of carbonyl (C=O) groups is 9. The van der Waals surface area contributed by atoms with Gasteiger partial charge in [-0.05, 0) is 58.3 Å². The van der Waals surface area contributed by atoms with Gasteiger partial charge in [0.1, 0.15) is 35.7 Å². The van der Waals surface area contributed by atoms with Crippen molar-refractivity contribution in [1.29, 1.82) is 0 Å². The number of aliphatic carboxylic acids is 1. The zero-order valence-corrected chi connectivity index (χ0v) is 37.1. The third-order valence-electron chi connectivity index (χ3n) is 12.5. The molecule has 0 aromatic rings. The molecule has 0 bridgehead atoms. The maximum Gasteiger partial charge on any atom is 0.471 e. The van der Waals surface area contributed by atoms with Crippen LogP contribution >= 0.6 is 0 Å². The van der Waals surface area contributed by atoms with E-state index in [9.17, 15) is 61.4 Å². The molecule has 2 aliphatic heterocycles. The van der Waals surface area contributed by atoms with Crippen LogP contribution in [0.2, 0.25) is 0 Å². The van der Waals surface area contributed by atoms with Crippen LogP contribution in [0.25, 0.3) is 0 Å². The van der Waals surface area contributed by atoms with Gasteiger partial charge >= 0.3 is 18.1 Å². The maximum atomic E-state index is 14.2. The van der Waals surface area contributed by atoms with Gasteiger partial charge in [0.25, 0.3) is 0 Å². The number of amides is 8. The molecule has 350 valence electrons. The Morgan fingerprint density at radius 2 is 1.37 bits per heavy atom. The third kappa shape index (κ3) is 13.3. The molecule has 62 heavy (non-hydrogen) atoms. The summed E-state index contributed by atoms with van der Waals surface area (Å²) in [6, 6.07) is -5.82. The number of hydrogen-bond donors (Lipinski definition) is 4. The van der Waals surface area contributed by atoms with Gasteiger partial charge < -0.3 is 45.6 Å². The van der Waals surface area contributed by atoms with Gasteiger partial charge in [0.2, 0.25) is 41.4 Å². The van der Waals surface area contributed by atoms with Gasteiger partial charge in [0, 0.05) is 40.8 Å². The highest BCUT2D eigenvalue weighted by Crippen LogP contribution is 2.31. The van der Waals surface area contributed by atoms with Crippen molar-refractivity contribution in [1.82, 2.24) is 40.4 Å². The molecule has 6 atom stereocenters. The van der Waals surface area contributed by atoms with Crippen LogP contribution in [0.3, 0.4) is 0 Å². The number of nitrogens with one attached hydrogen (secondary N) is 3. The smallest absolute Gasteiger partial charge is 0.471 e. The summed E-state index contributed by atoms with van der Waals surface area (Å²) in [5.41, 5.74) is -2.06. The summed E-state index contributed by atoms with van der Waals surface area (Å²) in [5.74, 6) is -8.82. The summed E-state index contributed by atoms with van der Waals surface area (Å²) in [4.78, 5) is 125. The lowest BCUT2D eigenvalue weighted by molar-refractivity contribution is -0.176. The number of halogens is 3. The maximum absolute atomic E-state index is 14.2. The Morgan fingerprint density at radius 1 is 0.774 bits per heavy atom. The second-order valence-corrected chi connectivity index (χ2v) is 17.5. The first-order valence-electron chi connectivity index (χ1n) is 21.4. The summed E-state index contributed by atoms with van der Waals surface area (Å²) in [6.07, 6.45) is 1.10. The average Bonchev–Trinajstić information content (AvgIpc) is 3.74. The van der Waals surface area contributed by atoms with Crippen LogP contribution in [0.4, 0.5) is 13.2 Å². The zero-order chi connectivity index (χ0) is 46.9. The molecule has 0 aromatic carbocycles. The second-order valence-electron chi connectivity index (χ2n) is 17.5. The van der Waals surface area contributed by atoms with Gasteiger partial charge in [-0.15, -0.1) is 0 Å². The standard InChI is InChI=1S/C41H65F3N8O10/c1-9-24(2)32(46-38(61)40(4,5)47-39(62)41(42,43)44)37(60)49(7)25(3)33(56)52-20-17-28(52)36(59)50(8)29(21-26-15-11-10-12-16-26)35(58)48(6)23-30(53)45-27(22-31(54)55)34(57)51-18-13-14-19-51/h24-29,32H,9-23H2,1-8H3,(H,45,53)(H,46,61)(H,47,62)(H,54,55)/t24-,25-,27-,28-,29-,32?/m0/s1. The molecule has 3 aliphatic rings. The van der Waals surface area contributed by atoms with Crippen molar-refractivity contribution in [2.24, 2.45) is 11.8 Å². The van der Waals surface area contributed by atoms with E-state index in [0.717, 1.165) is 68.6 Å². The molecule has 18 nitrogen and oxygen atoms in total. The predicted molar refractivity (Wildman–Crippen MR) is 217 cm³/mol. The Morgan fingerprint density at radius 3 is 1.89 bits per heavy atom. The molecule has 0 aromatic heterocycles. The summed E-state index contributed by atoms with van der Waals surface area (Å²) in [7, 11) is 4.16. The largest absolute Gasteiger partial charge is 0.481 e. The van der Waals surface area contributed by atoms with Crippen LogP contribution in [0.1, 0.15) is 105 Å². The van der Waals surface area contributed by atoms with Gasteiger partial charge in [-0.3, -0.25) is 43.2 Å². The molecular formula is C41H65F3N8O10. The summed E-state index contributed by atoms with van der Waals surface area (Å²) in [6.45, 7) is 7.43. The lowest BCUT2D eigenvalue weighted by Crippen LogP contribution is -2.65. The number of alkyl halides is 3. The summed E-state index contributed by atoms with van der Waals surface area (Å²) < 4.78 is 38.9. The summed E-state index contributed by atoms with van der Waals surface area (Å²) >= 11 is 0. The monoisotopic (exact) mass is 886 g/mol. The Kier molecular flexibility index (Phi) is 18.1. The minimum atomic E-state index is -5.25. The number of carboxylic acids is 1. The van der Waals surface area contributed by atoms with E-state index in [1.54, 1.807) is 19.2 Å². The number of likely N-dealkylation sites (N-methyl/N-ethyl adjacent to an activating group) is 3. The fourth-order valence-corrected chi connectivity index (χ4v) is 8.01. The van der Waals surface area contributed by atoms with Crippen molar-refractivity contribution < 1.29 is 61.4 Å². The number of carboxylic acid groups (broad SMARTS) is 1. The number of carbonyl (C=O) groups excluding carboxylic acids is 8. The number of rotatable bonds is 19. The van der Waals surface area contributed by atoms with Crippen molar-refractivity contribution >= 4 is 53.2 Å². The van der Waals surface area contributed by atoms with Gasteiger partial charge in [-0.1, -0.05) is 52.4 Å². The SMILES string of the molecule is CC[C@H](C)C(NC(=O)C(C)(C)NC(=O)C(F)(F)F)C(=O)N(C)[C@@H](C)C(=O)N1CC[C@H]1C(=O)N(C)[C@@H](CC1CCCCC1)C(=O)N(C)CC(=O)N[C@@H](CC(=O)O)C(=O)N1CCCC1. The van der Waals surface area contributed by atoms with Crippen molar-refractivity contribution in [2.45, 2.75) is 147 Å². The molecule has 1 unspecified atom stereocenters. The van der Waals surface area contributed by atoms with Crippen LogP contribution in [0, 0.1) is 11.8 Å². The van der Waals surface area contributed by atoms with Crippen LogP contribution < -0.4 is 16.0 Å². The van der Waals surface area contributed by atoms with E-state index >= 15 is 0 Å². The first-order chi connectivity index (χ1) is 28.8. The van der Waals surface area contributed by atoms with Crippen LogP contribution in [0.5, 0.6) is 0 Å². The summed E-state index contributed by atoms with van der Waals surface area (Å²) in [5, 5.41) is 16.0.